The van der Waals surface area contributed by atoms with E-state index in [1.54, 1.807) is 0 Å². The molecule has 0 saturated carbocycles. The number of aliphatic hydroxyl groups excluding tert-OH is 1. The van der Waals surface area contributed by atoms with Gasteiger partial charge in [0.05, 0.1) is 12.0 Å². The van der Waals surface area contributed by atoms with Gasteiger partial charge in [-0.15, -0.1) is 0 Å². The molecule has 0 heterocycles. The van der Waals surface area contributed by atoms with Crippen LogP contribution in [0.5, 0.6) is 0 Å². The average Bonchev–Trinajstić information content (AvgIpc) is 2.37. The first-order valence-corrected chi connectivity index (χ1v) is 4.73. The second kappa shape index (κ2) is 7.67. The van der Waals surface area contributed by atoms with Gasteiger partial charge in [0.25, 0.3) is 11.5 Å². The molecule has 1 aromatic carbocycles. The van der Waals surface area contributed by atoms with Crippen molar-refractivity contribution >= 4 is 52.8 Å². The van der Waals surface area contributed by atoms with E-state index < -0.39 is 22.4 Å². The number of nitrogens with zero attached hydrogens (tertiary/aromatic N) is 1. The van der Waals surface area contributed by atoms with Gasteiger partial charge < -0.3 is 9.84 Å². The number of esters is 1. The van der Waals surface area contributed by atoms with E-state index in [4.69, 9.17) is 0 Å². The fourth-order valence-corrected chi connectivity index (χ4v) is 1.15. The van der Waals surface area contributed by atoms with E-state index >= 15 is 0 Å². The molecule has 0 bridgehead atoms. The third-order valence-electron chi connectivity index (χ3n) is 2.01. The van der Waals surface area contributed by atoms with E-state index in [0.29, 0.717) is 6.08 Å². The Labute approximate surface area is 130 Å². The van der Waals surface area contributed by atoms with Gasteiger partial charge in [-0.1, -0.05) is 12.1 Å². The molecule has 1 rings (SSSR count). The number of hydrogen-bond donors (Lipinski definition) is 1. The maximum atomic E-state index is 11.1. The number of rotatable bonds is 4. The summed E-state index contributed by atoms with van der Waals surface area (Å²) in [7, 11) is 1.03. The number of aliphatic hydroxyl groups is 1. The van der Waals surface area contributed by atoms with Crippen LogP contribution in [0.4, 0.5) is 5.69 Å². The summed E-state index contributed by atoms with van der Waals surface area (Å²) >= 11 is 0. The molecule has 0 spiro atoms. The van der Waals surface area contributed by atoms with Crippen LogP contribution in [0.1, 0.15) is 5.56 Å². The normalized spacial score (nSPS) is 10.3. The van der Waals surface area contributed by atoms with E-state index in [1.807, 2.05) is 0 Å². The molecule has 0 aliphatic carbocycles. The summed E-state index contributed by atoms with van der Waals surface area (Å²) in [5.74, 6) is -2.73. The molecule has 0 aromatic heterocycles. The van der Waals surface area contributed by atoms with Crippen molar-refractivity contribution in [2.45, 2.75) is 0 Å². The molecule has 0 unspecified atom stereocenters. The van der Waals surface area contributed by atoms with E-state index in [2.05, 4.69) is 4.74 Å². The van der Waals surface area contributed by atoms with Crippen molar-refractivity contribution in [2.75, 3.05) is 7.11 Å². The first-order chi connectivity index (χ1) is 8.45. The zero-order chi connectivity index (χ0) is 13.7. The van der Waals surface area contributed by atoms with Gasteiger partial charge in [-0.3, -0.25) is 14.9 Å². The van der Waals surface area contributed by atoms with Gasteiger partial charge in [-0.2, -0.15) is 0 Å². The number of nitro groups is 1. The van der Waals surface area contributed by atoms with E-state index in [-0.39, 0.29) is 40.8 Å². The van der Waals surface area contributed by atoms with Crippen LogP contribution in [-0.2, 0) is 14.3 Å². The monoisotopic (exact) mass is 274 g/mol. The SMILES string of the molecule is COC(=O)C(=O)/C=C(\O)c1cccc([N+](=O)[O-])c1.[Na]. The number of carbonyl (C=O) groups is 2. The molecule has 0 amide bonds. The Kier molecular flexibility index (Phi) is 6.99. The molecule has 0 atom stereocenters. The minimum Gasteiger partial charge on any atom is -0.507 e. The quantitative estimate of drug-likeness (QED) is 0.166. The molecule has 0 aliphatic heterocycles. The maximum absolute atomic E-state index is 11.1. The van der Waals surface area contributed by atoms with E-state index in [0.717, 1.165) is 13.2 Å². The number of benzene rings is 1. The number of methoxy groups -OCH3 is 1. The van der Waals surface area contributed by atoms with Crippen LogP contribution in [0.25, 0.3) is 5.76 Å². The standard InChI is InChI=1S/C11H9NO6.Na/c1-18-11(15)10(14)6-9(13)7-3-2-4-8(5-7)12(16)17;/h2-6,13H,1H3;/b9-6-;. The largest absolute Gasteiger partial charge is 0.507 e. The summed E-state index contributed by atoms with van der Waals surface area (Å²) in [6.45, 7) is 0. The Morgan fingerprint density at radius 3 is 2.58 bits per heavy atom. The predicted molar refractivity (Wildman–Crippen MR) is 66.5 cm³/mol. The minimum absolute atomic E-state index is 0. The van der Waals surface area contributed by atoms with Crippen molar-refractivity contribution in [2.24, 2.45) is 0 Å². The zero-order valence-corrected chi connectivity index (χ0v) is 12.3. The summed E-state index contributed by atoms with van der Waals surface area (Å²) in [5.41, 5.74) is -0.181. The third-order valence-corrected chi connectivity index (χ3v) is 2.01. The van der Waals surface area contributed by atoms with Gasteiger partial charge in [0.1, 0.15) is 5.76 Å². The number of carbonyl (C=O) groups excluding carboxylic acids is 2. The van der Waals surface area contributed by atoms with Gasteiger partial charge in [0.2, 0.25) is 0 Å². The van der Waals surface area contributed by atoms with Crippen molar-refractivity contribution < 1.29 is 24.4 Å². The Bertz CT molecular complexity index is 540. The smallest absolute Gasteiger partial charge is 0.378 e. The Morgan fingerprint density at radius 1 is 1.42 bits per heavy atom. The molecule has 1 N–H and O–H groups in total. The summed E-state index contributed by atoms with van der Waals surface area (Å²) in [6, 6.07) is 5.03. The Hall–Kier alpha value is -1.70. The first-order valence-electron chi connectivity index (χ1n) is 4.73. The van der Waals surface area contributed by atoms with Crippen LogP contribution < -0.4 is 0 Å². The number of hydrogen-bond acceptors (Lipinski definition) is 6. The summed E-state index contributed by atoms with van der Waals surface area (Å²) < 4.78 is 4.16. The van der Waals surface area contributed by atoms with Crippen molar-refractivity contribution in [3.63, 3.8) is 0 Å². The average molecular weight is 274 g/mol. The van der Waals surface area contributed by atoms with Gasteiger partial charge in [-0.05, 0) is 0 Å². The zero-order valence-electron chi connectivity index (χ0n) is 10.3. The number of non-ortho nitro benzene ring substituents is 1. The molecule has 0 fully saturated rings. The molecular formula is C11H9NNaO6. The minimum atomic E-state index is -1.13. The summed E-state index contributed by atoms with van der Waals surface area (Å²) in [4.78, 5) is 31.8. The molecule has 95 valence electrons. The van der Waals surface area contributed by atoms with Crippen molar-refractivity contribution in [3.8, 4) is 0 Å². The van der Waals surface area contributed by atoms with Crippen LogP contribution in [0.2, 0.25) is 0 Å². The molecule has 1 radical (unpaired) electrons. The van der Waals surface area contributed by atoms with E-state index in [1.165, 1.54) is 18.2 Å². The van der Waals surface area contributed by atoms with Crippen LogP contribution in [0.3, 0.4) is 0 Å². The van der Waals surface area contributed by atoms with Crippen molar-refractivity contribution in [1.29, 1.82) is 0 Å². The Balaban J connectivity index is 0.00000324. The third kappa shape index (κ3) is 4.82. The van der Waals surface area contributed by atoms with Crippen LogP contribution in [0, 0.1) is 10.1 Å². The molecule has 19 heavy (non-hydrogen) atoms. The van der Waals surface area contributed by atoms with Gasteiger partial charge in [-0.25, -0.2) is 4.79 Å². The van der Waals surface area contributed by atoms with E-state index in [9.17, 15) is 24.8 Å². The molecule has 0 aliphatic rings. The van der Waals surface area contributed by atoms with Gasteiger partial charge in [0.15, 0.2) is 0 Å². The van der Waals surface area contributed by atoms with Crippen LogP contribution in [-0.4, -0.2) is 58.4 Å². The first kappa shape index (κ1) is 17.3. The maximum Gasteiger partial charge on any atom is 0.378 e. The molecule has 7 nitrogen and oxygen atoms in total. The predicted octanol–water partition coefficient (Wildman–Crippen LogP) is 0.855. The second-order valence-corrected chi connectivity index (χ2v) is 3.19. The Morgan fingerprint density at radius 2 is 2.05 bits per heavy atom. The van der Waals surface area contributed by atoms with Gasteiger partial charge in [0, 0.05) is 53.3 Å². The molecule has 0 saturated heterocycles. The molecular weight excluding hydrogens is 265 g/mol. The summed E-state index contributed by atoms with van der Waals surface area (Å²) in [5, 5.41) is 20.1. The fourth-order valence-electron chi connectivity index (χ4n) is 1.15. The molecule has 8 heteroatoms. The van der Waals surface area contributed by atoms with Crippen molar-refractivity contribution in [3.05, 3.63) is 46.0 Å². The van der Waals surface area contributed by atoms with Crippen molar-refractivity contribution in [1.82, 2.24) is 0 Å². The second-order valence-electron chi connectivity index (χ2n) is 3.19. The summed E-state index contributed by atoms with van der Waals surface area (Å²) in [6.07, 6.45) is 0.644. The topological polar surface area (TPSA) is 107 Å². The number of ether oxygens (including phenoxy) is 1. The van der Waals surface area contributed by atoms with Gasteiger partial charge >= 0.3 is 5.97 Å². The van der Waals surface area contributed by atoms with Crippen LogP contribution >= 0.6 is 0 Å². The number of ketones is 1. The molecule has 1 aromatic rings. The van der Waals surface area contributed by atoms with Crippen LogP contribution in [0.15, 0.2) is 30.3 Å². The fraction of sp³-hybridized carbons (Fsp3) is 0.0909. The number of nitro benzene ring substituents is 1.